The molecule has 3 aliphatic heterocycles. The molecule has 2 bridgehead atoms. The number of rotatable bonds is 3. The summed E-state index contributed by atoms with van der Waals surface area (Å²) in [6.45, 7) is 7.64. The van der Waals surface area contributed by atoms with Crippen LogP contribution in [0.2, 0.25) is 5.04 Å². The Labute approximate surface area is 270 Å². The Morgan fingerprint density at radius 1 is 0.761 bits per heavy atom. The smallest absolute Gasteiger partial charge is 0.247 e. The number of hydrogen-bond donors (Lipinski definition) is 0. The zero-order valence-electron chi connectivity index (χ0n) is 26.5. The molecule has 5 heteroatoms. The lowest BCUT2D eigenvalue weighted by Gasteiger charge is -2.49. The molecule has 46 heavy (non-hydrogen) atoms. The number of para-hydroxylation sites is 1. The van der Waals surface area contributed by atoms with E-state index in [2.05, 4.69) is 139 Å². The minimum atomic E-state index is -2.92. The summed E-state index contributed by atoms with van der Waals surface area (Å²) in [6, 6.07) is 39.5. The third-order valence-electron chi connectivity index (χ3n) is 11.5. The van der Waals surface area contributed by atoms with E-state index in [-0.39, 0.29) is 29.2 Å². The molecule has 6 aromatic rings. The van der Waals surface area contributed by atoms with Crippen molar-refractivity contribution in [3.05, 3.63) is 131 Å². The second-order valence-corrected chi connectivity index (χ2v) is 19.2. The molecule has 0 saturated carbocycles. The van der Waals surface area contributed by atoms with Crippen molar-refractivity contribution in [1.29, 1.82) is 0 Å². The maximum atomic E-state index is 15.7. The highest BCUT2D eigenvalue weighted by molar-refractivity contribution is 7.03. The van der Waals surface area contributed by atoms with E-state index in [4.69, 9.17) is 4.74 Å². The Kier molecular flexibility index (Phi) is 5.28. The van der Waals surface area contributed by atoms with Gasteiger partial charge in [-0.1, -0.05) is 124 Å². The molecule has 1 unspecified atom stereocenters. The third-order valence-corrected chi connectivity index (χ3v) is 17.2. The van der Waals surface area contributed by atoms with Crippen LogP contribution >= 0.6 is 0 Å². The zero-order valence-corrected chi connectivity index (χ0v) is 27.5. The number of aromatic nitrogens is 1. The summed E-state index contributed by atoms with van der Waals surface area (Å²) in [6.07, 6.45) is 2.15. The van der Waals surface area contributed by atoms with Crippen LogP contribution in [0.15, 0.2) is 109 Å². The van der Waals surface area contributed by atoms with Crippen LogP contribution in [0.5, 0.6) is 0 Å². The van der Waals surface area contributed by atoms with Crippen LogP contribution in [-0.4, -0.2) is 29.4 Å². The van der Waals surface area contributed by atoms with Gasteiger partial charge in [0.15, 0.2) is 0 Å². The molecule has 4 heterocycles. The Morgan fingerprint density at radius 3 is 2.13 bits per heavy atom. The molecule has 1 fully saturated rings. The summed E-state index contributed by atoms with van der Waals surface area (Å²) >= 11 is 0. The Morgan fingerprint density at radius 2 is 1.41 bits per heavy atom. The van der Waals surface area contributed by atoms with Crippen molar-refractivity contribution in [2.24, 2.45) is 0 Å². The number of nitrogens with zero attached hydrogens (tertiary/aromatic N) is 2. The normalized spacial score (nSPS) is 21.2. The van der Waals surface area contributed by atoms with Gasteiger partial charge in [-0.25, -0.2) is 0 Å². The fourth-order valence-corrected chi connectivity index (χ4v) is 15.7. The van der Waals surface area contributed by atoms with E-state index < -0.39 is 8.24 Å². The van der Waals surface area contributed by atoms with Crippen molar-refractivity contribution in [1.82, 2.24) is 9.13 Å². The topological polar surface area (TPSA) is 34.5 Å². The minimum absolute atomic E-state index is 0.0113. The first kappa shape index (κ1) is 26.7. The van der Waals surface area contributed by atoms with Gasteiger partial charge in [0, 0.05) is 28.8 Å². The summed E-state index contributed by atoms with van der Waals surface area (Å²) in [5.41, 5.74) is 9.62. The summed E-state index contributed by atoms with van der Waals surface area (Å²) in [4.78, 5) is 15.7. The van der Waals surface area contributed by atoms with Crippen LogP contribution in [0, 0.1) is 0 Å². The molecular weight excluding hydrogens is 581 g/mol. The number of ether oxygens (including phenoxy) is 1. The average molecular weight is 617 g/mol. The summed E-state index contributed by atoms with van der Waals surface area (Å²) in [5, 5.41) is 4.85. The first-order valence-corrected chi connectivity index (χ1v) is 18.6. The van der Waals surface area contributed by atoms with Crippen molar-refractivity contribution < 1.29 is 9.53 Å². The van der Waals surface area contributed by atoms with Crippen molar-refractivity contribution in [3.8, 4) is 11.1 Å². The first-order chi connectivity index (χ1) is 22.4. The molecule has 10 rings (SSSR count). The highest BCUT2D eigenvalue weighted by atomic mass is 28.3. The molecule has 4 nitrogen and oxygen atoms in total. The molecule has 1 aliphatic carbocycles. The van der Waals surface area contributed by atoms with E-state index in [0.717, 1.165) is 24.0 Å². The van der Waals surface area contributed by atoms with E-state index >= 15 is 4.79 Å². The van der Waals surface area contributed by atoms with Gasteiger partial charge >= 0.3 is 0 Å². The van der Waals surface area contributed by atoms with E-state index in [1.165, 1.54) is 54.4 Å². The molecule has 0 spiro atoms. The van der Waals surface area contributed by atoms with Gasteiger partial charge in [-0.3, -0.25) is 4.79 Å². The first-order valence-electron chi connectivity index (χ1n) is 16.7. The lowest BCUT2D eigenvalue weighted by molar-refractivity contribution is 0.00493. The summed E-state index contributed by atoms with van der Waals surface area (Å²) in [5.74, 6) is 0.310. The van der Waals surface area contributed by atoms with Gasteiger partial charge in [0.2, 0.25) is 14.1 Å². The highest BCUT2D eigenvalue weighted by Crippen LogP contribution is 2.60. The predicted octanol–water partition coefficient (Wildman–Crippen LogP) is 8.11. The molecule has 1 amide bonds. The van der Waals surface area contributed by atoms with Crippen molar-refractivity contribution in [2.45, 2.75) is 63.4 Å². The van der Waals surface area contributed by atoms with Crippen LogP contribution in [0.3, 0.4) is 0 Å². The lowest BCUT2D eigenvalue weighted by atomic mass is 9.86. The summed E-state index contributed by atoms with van der Waals surface area (Å²) < 4.78 is 11.8. The van der Waals surface area contributed by atoms with Crippen molar-refractivity contribution >= 4 is 46.3 Å². The molecule has 0 radical (unpaired) electrons. The SMILES string of the molecule is CC(C)(C)[Si](c1ccccc1)(c1ccccc1)N1Cc2c(c3c4c5c2c2ccccc2n5[C@H]2CCC(O2)[C@H]4c2ccccc2-3)C1=O. The second kappa shape index (κ2) is 9.08. The standard InChI is InChI=1S/C41H36N2O2Si/c1-41(2,3)46(25-14-6-4-7-15-25,26-16-8-5-9-17-26)42-24-30-34-29-20-12-13-21-31(29)43-33-23-22-32(45-33)35-27-18-10-11-19-28(27)36(37(30)40(42)44)38(35)39(34)43/h4-21,32-33,35H,22-24H2,1-3H3/t32?,33-,35-/m1/s1. The van der Waals surface area contributed by atoms with Crippen LogP contribution in [0.25, 0.3) is 32.9 Å². The third kappa shape index (κ3) is 3.11. The number of amides is 1. The average Bonchev–Trinajstić information content (AvgIpc) is 3.81. The molecule has 226 valence electrons. The van der Waals surface area contributed by atoms with Crippen LogP contribution in [0.1, 0.15) is 72.8 Å². The van der Waals surface area contributed by atoms with Gasteiger partial charge in [0.25, 0.3) is 0 Å². The molecule has 5 aromatic carbocycles. The summed E-state index contributed by atoms with van der Waals surface area (Å²) in [7, 11) is -2.92. The van der Waals surface area contributed by atoms with Crippen LogP contribution < -0.4 is 10.4 Å². The minimum Gasteiger partial charge on any atom is -0.354 e. The molecular formula is C41H36N2O2Si. The van der Waals surface area contributed by atoms with Gasteiger partial charge in [0.1, 0.15) is 6.23 Å². The van der Waals surface area contributed by atoms with E-state index in [0.29, 0.717) is 6.54 Å². The van der Waals surface area contributed by atoms with Gasteiger partial charge in [0.05, 0.1) is 22.7 Å². The van der Waals surface area contributed by atoms with Crippen LogP contribution in [-0.2, 0) is 11.3 Å². The quantitative estimate of drug-likeness (QED) is 0.188. The largest absolute Gasteiger partial charge is 0.354 e. The zero-order chi connectivity index (χ0) is 30.9. The fourth-order valence-electron chi connectivity index (χ4n) is 10.00. The fraction of sp³-hybridized carbons (Fsp3) is 0.244. The monoisotopic (exact) mass is 616 g/mol. The van der Waals surface area contributed by atoms with E-state index in [9.17, 15) is 0 Å². The van der Waals surface area contributed by atoms with Crippen LogP contribution in [0.4, 0.5) is 0 Å². The number of carbonyl (C=O) groups excluding carboxylic acids is 1. The Bertz CT molecular complexity index is 2210. The molecule has 1 saturated heterocycles. The van der Waals surface area contributed by atoms with Crippen molar-refractivity contribution in [2.75, 3.05) is 0 Å². The molecule has 3 atom stereocenters. The van der Waals surface area contributed by atoms with E-state index in [1.54, 1.807) is 0 Å². The van der Waals surface area contributed by atoms with Gasteiger partial charge < -0.3 is 13.9 Å². The Hall–Kier alpha value is -4.45. The van der Waals surface area contributed by atoms with Crippen molar-refractivity contribution in [3.63, 3.8) is 0 Å². The van der Waals surface area contributed by atoms with Gasteiger partial charge in [-0.05, 0) is 56.6 Å². The molecule has 4 aliphatic rings. The number of fused-ring (bicyclic) bond motifs is 13. The maximum absolute atomic E-state index is 15.7. The Balaban J connectivity index is 1.36. The number of benzene rings is 5. The predicted molar refractivity (Wildman–Crippen MR) is 187 cm³/mol. The molecule has 0 N–H and O–H groups in total. The van der Waals surface area contributed by atoms with Gasteiger partial charge in [-0.15, -0.1) is 0 Å². The second-order valence-electron chi connectivity index (χ2n) is 14.6. The number of carbonyl (C=O) groups is 1. The molecule has 1 aromatic heterocycles. The number of hydrogen-bond acceptors (Lipinski definition) is 2. The van der Waals surface area contributed by atoms with Gasteiger partial charge in [-0.2, -0.15) is 0 Å². The lowest BCUT2D eigenvalue weighted by Crippen LogP contribution is -2.74. The highest BCUT2D eigenvalue weighted by Gasteiger charge is 2.58. The van der Waals surface area contributed by atoms with E-state index in [1.807, 2.05) is 0 Å². The maximum Gasteiger partial charge on any atom is 0.247 e.